The summed E-state index contributed by atoms with van der Waals surface area (Å²) in [4.78, 5) is 24.4. The summed E-state index contributed by atoms with van der Waals surface area (Å²) in [6.45, 7) is 13.3. The molecular weight excluding hydrogens is 637 g/mol. The number of hydrogen-bond donors (Lipinski definition) is 0. The summed E-state index contributed by atoms with van der Waals surface area (Å²) in [6, 6.07) is 11.6. The number of amides is 1. The minimum Gasteiger partial charge on any atom is -0.494 e. The Kier molecular flexibility index (Phi) is 9.85. The van der Waals surface area contributed by atoms with Gasteiger partial charge in [-0.3, -0.25) is 9.78 Å². The van der Waals surface area contributed by atoms with Crippen LogP contribution in [0.1, 0.15) is 73.9 Å². The molecule has 1 aromatic carbocycles. The molecule has 10 nitrogen and oxygen atoms in total. The maximum Gasteiger partial charge on any atom is 0.255 e. The Balaban J connectivity index is 1.28. The molecule has 0 radical (unpaired) electrons. The minimum absolute atomic E-state index is 0.0277. The van der Waals surface area contributed by atoms with Crippen LogP contribution >= 0.6 is 0 Å². The predicted octanol–water partition coefficient (Wildman–Crippen LogP) is 7.97. The van der Waals surface area contributed by atoms with E-state index in [1.807, 2.05) is 30.5 Å². The van der Waals surface area contributed by atoms with Crippen molar-refractivity contribution in [2.24, 2.45) is 0 Å². The van der Waals surface area contributed by atoms with Gasteiger partial charge < -0.3 is 28.0 Å². The molecule has 11 heteroatoms. The molecular formula is C38H46N4O6Si. The Morgan fingerprint density at radius 2 is 1.82 bits per heavy atom. The van der Waals surface area contributed by atoms with E-state index in [-0.39, 0.29) is 17.0 Å². The molecule has 2 fully saturated rings. The molecule has 49 heavy (non-hydrogen) atoms. The highest BCUT2D eigenvalue weighted by Crippen LogP contribution is 2.48. The highest BCUT2D eigenvalue weighted by atomic mass is 28.4. The molecule has 3 aromatic heterocycles. The zero-order chi connectivity index (χ0) is 34.9. The Morgan fingerprint density at radius 1 is 1.06 bits per heavy atom. The second kappa shape index (κ2) is 13.9. The molecule has 2 aliphatic rings. The lowest BCUT2D eigenvalue weighted by Gasteiger charge is -2.36. The molecule has 0 spiro atoms. The van der Waals surface area contributed by atoms with Crippen LogP contribution in [0.2, 0.25) is 18.1 Å². The topological polar surface area (TPSA) is 120 Å². The fourth-order valence-electron chi connectivity index (χ4n) is 5.84. The van der Waals surface area contributed by atoms with Gasteiger partial charge in [0.2, 0.25) is 0 Å². The van der Waals surface area contributed by atoms with Crippen LogP contribution in [0.5, 0.6) is 11.5 Å². The number of benzene rings is 1. The number of ether oxygens (including phenoxy) is 3. The monoisotopic (exact) mass is 682 g/mol. The molecule has 4 heterocycles. The first kappa shape index (κ1) is 34.6. The SMILES string of the molecule is COc1cc(C(=O)N(C)CCO[Si](C)(C)C(C)(C)C)cnc1-c1cc2ncc(C3CC3)c(-c3ccc(OC4CCOCC4)c(C#N)c3)c2o1. The Hall–Kier alpha value is -4.24. The molecule has 1 saturated carbocycles. The lowest BCUT2D eigenvalue weighted by molar-refractivity contribution is 0.0254. The van der Waals surface area contributed by atoms with Crippen LogP contribution in [-0.2, 0) is 9.16 Å². The molecule has 1 aliphatic heterocycles. The second-order valence-electron chi connectivity index (χ2n) is 14.6. The van der Waals surface area contributed by atoms with Crippen molar-refractivity contribution < 1.29 is 27.8 Å². The summed E-state index contributed by atoms with van der Waals surface area (Å²) in [5.41, 5.74) is 5.52. The zero-order valence-corrected chi connectivity index (χ0v) is 30.6. The summed E-state index contributed by atoms with van der Waals surface area (Å²) in [5.74, 6) is 1.68. The van der Waals surface area contributed by atoms with E-state index < -0.39 is 8.32 Å². The van der Waals surface area contributed by atoms with Crippen molar-refractivity contribution in [2.45, 2.75) is 76.6 Å². The normalized spacial score (nSPS) is 15.6. The summed E-state index contributed by atoms with van der Waals surface area (Å²) in [6.07, 6.45) is 7.25. The summed E-state index contributed by atoms with van der Waals surface area (Å²) < 4.78 is 30.2. The number of carbonyl (C=O) groups is 1. The molecule has 6 rings (SSSR count). The minimum atomic E-state index is -1.92. The van der Waals surface area contributed by atoms with E-state index in [1.165, 1.54) is 0 Å². The van der Waals surface area contributed by atoms with E-state index in [1.54, 1.807) is 31.3 Å². The van der Waals surface area contributed by atoms with Crippen LogP contribution in [0.15, 0.2) is 47.1 Å². The predicted molar refractivity (Wildman–Crippen MR) is 190 cm³/mol. The molecule has 1 aliphatic carbocycles. The van der Waals surface area contributed by atoms with Gasteiger partial charge in [-0.15, -0.1) is 0 Å². The first-order chi connectivity index (χ1) is 23.4. The smallest absolute Gasteiger partial charge is 0.255 e. The fourth-order valence-corrected chi connectivity index (χ4v) is 6.87. The highest BCUT2D eigenvalue weighted by Gasteiger charge is 2.37. The first-order valence-corrected chi connectivity index (χ1v) is 20.0. The van der Waals surface area contributed by atoms with Gasteiger partial charge in [-0.25, -0.2) is 4.98 Å². The van der Waals surface area contributed by atoms with Crippen LogP contribution in [0, 0.1) is 11.3 Å². The molecule has 1 saturated heterocycles. The van der Waals surface area contributed by atoms with E-state index >= 15 is 0 Å². The van der Waals surface area contributed by atoms with Crippen molar-refractivity contribution in [1.82, 2.24) is 14.9 Å². The van der Waals surface area contributed by atoms with E-state index in [4.69, 9.17) is 28.0 Å². The Morgan fingerprint density at radius 3 is 2.49 bits per heavy atom. The standard InChI is InChI=1S/C38H46N4O6Si/c1-38(2,3)49(6,7)46-17-14-42(4)37(43)27-19-32(44-5)35(41-22-27)33-20-30-36(48-33)34(29(23-40-30)24-8-9-24)25-10-11-31(26(18-25)21-39)47-28-12-15-45-16-13-28/h10-11,18-20,22-24,28H,8-9,12-17H2,1-7H3. The lowest BCUT2D eigenvalue weighted by Crippen LogP contribution is -2.43. The number of furan rings is 1. The zero-order valence-electron chi connectivity index (χ0n) is 29.6. The third-order valence-electron chi connectivity index (χ3n) is 10.0. The van der Waals surface area contributed by atoms with Gasteiger partial charge >= 0.3 is 0 Å². The molecule has 0 atom stereocenters. The molecule has 0 unspecified atom stereocenters. The van der Waals surface area contributed by atoms with Gasteiger partial charge in [0.05, 0.1) is 38.1 Å². The Bertz CT molecular complexity index is 1880. The molecule has 0 N–H and O–H groups in total. The molecule has 4 aromatic rings. The van der Waals surface area contributed by atoms with Crippen LogP contribution in [0.25, 0.3) is 33.7 Å². The number of rotatable bonds is 11. The van der Waals surface area contributed by atoms with Crippen molar-refractivity contribution >= 4 is 25.3 Å². The largest absolute Gasteiger partial charge is 0.494 e. The van der Waals surface area contributed by atoms with Gasteiger partial charge in [-0.05, 0) is 66.2 Å². The lowest BCUT2D eigenvalue weighted by atomic mass is 9.96. The van der Waals surface area contributed by atoms with E-state index in [0.717, 1.165) is 42.4 Å². The number of aromatic nitrogens is 2. The molecule has 1 amide bonds. The van der Waals surface area contributed by atoms with Crippen LogP contribution in [-0.4, -0.2) is 75.7 Å². The van der Waals surface area contributed by atoms with E-state index in [9.17, 15) is 10.1 Å². The van der Waals surface area contributed by atoms with Gasteiger partial charge in [0.25, 0.3) is 5.91 Å². The number of hydrogen-bond acceptors (Lipinski definition) is 9. The summed E-state index contributed by atoms with van der Waals surface area (Å²) in [7, 11) is 1.40. The van der Waals surface area contributed by atoms with E-state index in [0.29, 0.717) is 77.5 Å². The molecule has 0 bridgehead atoms. The van der Waals surface area contributed by atoms with Crippen LogP contribution < -0.4 is 9.47 Å². The maximum atomic E-state index is 13.4. The van der Waals surface area contributed by atoms with Gasteiger partial charge in [-0.2, -0.15) is 5.26 Å². The fraction of sp³-hybridized carbons (Fsp3) is 0.474. The number of likely N-dealkylation sites (N-methyl/N-ethyl adjacent to an activating group) is 1. The number of carbonyl (C=O) groups excluding carboxylic acids is 1. The van der Waals surface area contributed by atoms with Gasteiger partial charge in [0, 0.05) is 50.5 Å². The Labute approximate surface area is 289 Å². The van der Waals surface area contributed by atoms with Crippen molar-refractivity contribution in [3.05, 3.63) is 59.4 Å². The van der Waals surface area contributed by atoms with Gasteiger partial charge in [0.1, 0.15) is 34.9 Å². The highest BCUT2D eigenvalue weighted by molar-refractivity contribution is 6.74. The second-order valence-corrected chi connectivity index (χ2v) is 19.4. The summed E-state index contributed by atoms with van der Waals surface area (Å²) >= 11 is 0. The first-order valence-electron chi connectivity index (χ1n) is 17.1. The third kappa shape index (κ3) is 7.37. The number of nitriles is 1. The maximum absolute atomic E-state index is 13.4. The van der Waals surface area contributed by atoms with Crippen LogP contribution in [0.3, 0.4) is 0 Å². The number of fused-ring (bicyclic) bond motifs is 1. The van der Waals surface area contributed by atoms with Gasteiger partial charge in [-0.1, -0.05) is 26.8 Å². The van der Waals surface area contributed by atoms with Gasteiger partial charge in [0.15, 0.2) is 19.7 Å². The third-order valence-corrected chi connectivity index (χ3v) is 14.6. The average Bonchev–Trinajstić information content (AvgIpc) is 3.85. The number of pyridine rings is 2. The number of methoxy groups -OCH3 is 1. The van der Waals surface area contributed by atoms with Crippen molar-refractivity contribution in [2.75, 3.05) is 40.5 Å². The quantitative estimate of drug-likeness (QED) is 0.145. The average molecular weight is 683 g/mol. The van der Waals surface area contributed by atoms with Crippen molar-refractivity contribution in [1.29, 1.82) is 5.26 Å². The van der Waals surface area contributed by atoms with Crippen molar-refractivity contribution in [3.8, 4) is 40.1 Å². The number of nitrogens with zero attached hydrogens (tertiary/aromatic N) is 4. The molecule has 258 valence electrons. The summed E-state index contributed by atoms with van der Waals surface area (Å²) in [5, 5.41) is 10.2. The van der Waals surface area contributed by atoms with Crippen molar-refractivity contribution in [3.63, 3.8) is 0 Å². The van der Waals surface area contributed by atoms with Crippen LogP contribution in [0.4, 0.5) is 0 Å². The van der Waals surface area contributed by atoms with E-state index in [2.05, 4.69) is 44.9 Å².